The van der Waals surface area contributed by atoms with Crippen molar-refractivity contribution < 1.29 is 9.57 Å². The van der Waals surface area contributed by atoms with Crippen LogP contribution in [0.4, 0.5) is 0 Å². The molecular formula is C17H19NO2. The monoisotopic (exact) mass is 269 g/mol. The Morgan fingerprint density at radius 1 is 1.05 bits per heavy atom. The summed E-state index contributed by atoms with van der Waals surface area (Å²) in [6, 6.07) is 16.0. The van der Waals surface area contributed by atoms with E-state index in [1.807, 2.05) is 36.4 Å². The third-order valence-corrected chi connectivity index (χ3v) is 3.08. The molecule has 0 aliphatic rings. The molecule has 104 valence electrons. The van der Waals surface area contributed by atoms with Crippen LogP contribution in [0.2, 0.25) is 0 Å². The number of rotatable bonds is 6. The van der Waals surface area contributed by atoms with Gasteiger partial charge in [-0.3, -0.25) is 0 Å². The summed E-state index contributed by atoms with van der Waals surface area (Å²) in [6.45, 7) is 2.53. The molecule has 2 rings (SSSR count). The molecule has 0 saturated heterocycles. The first-order valence-electron chi connectivity index (χ1n) is 6.69. The summed E-state index contributed by atoms with van der Waals surface area (Å²) in [7, 11) is 1.65. The highest BCUT2D eigenvalue weighted by Crippen LogP contribution is 2.17. The Kier molecular flexibility index (Phi) is 5.18. The normalized spacial score (nSPS) is 10.7. The molecular weight excluding hydrogens is 250 g/mol. The molecule has 3 heteroatoms. The molecule has 0 spiro atoms. The van der Waals surface area contributed by atoms with E-state index in [2.05, 4.69) is 24.2 Å². The standard InChI is InChI=1S/C17H19NO2/c1-3-14-8-10-15(11-9-14)12-18-20-13-16-6-4-5-7-17(16)19-2/h4-12H,3,13H2,1-2H3. The molecule has 0 amide bonds. The summed E-state index contributed by atoms with van der Waals surface area (Å²) in [4.78, 5) is 5.31. The van der Waals surface area contributed by atoms with Gasteiger partial charge in [0.05, 0.1) is 13.3 Å². The van der Waals surface area contributed by atoms with Gasteiger partial charge in [-0.2, -0.15) is 0 Å². The maximum atomic E-state index is 5.31. The van der Waals surface area contributed by atoms with Crippen molar-refractivity contribution in [3.8, 4) is 5.75 Å². The zero-order valence-corrected chi connectivity index (χ0v) is 11.9. The van der Waals surface area contributed by atoms with Crippen LogP contribution in [0.15, 0.2) is 53.7 Å². The van der Waals surface area contributed by atoms with Gasteiger partial charge in [-0.05, 0) is 23.6 Å². The summed E-state index contributed by atoms with van der Waals surface area (Å²) in [6.07, 6.45) is 2.76. The predicted molar refractivity (Wildman–Crippen MR) is 81.2 cm³/mol. The number of hydrogen-bond acceptors (Lipinski definition) is 3. The van der Waals surface area contributed by atoms with Gasteiger partial charge in [-0.15, -0.1) is 0 Å². The SMILES string of the molecule is CCc1ccc(C=NOCc2ccccc2OC)cc1. The minimum Gasteiger partial charge on any atom is -0.496 e. The minimum atomic E-state index is 0.396. The summed E-state index contributed by atoms with van der Waals surface area (Å²) >= 11 is 0. The Morgan fingerprint density at radius 3 is 2.50 bits per heavy atom. The van der Waals surface area contributed by atoms with E-state index in [4.69, 9.17) is 9.57 Å². The minimum absolute atomic E-state index is 0.396. The molecule has 0 aliphatic heterocycles. The lowest BCUT2D eigenvalue weighted by Crippen LogP contribution is -1.93. The Balaban J connectivity index is 1.90. The van der Waals surface area contributed by atoms with Crippen LogP contribution in [0.1, 0.15) is 23.6 Å². The number of nitrogens with zero attached hydrogens (tertiary/aromatic N) is 1. The van der Waals surface area contributed by atoms with E-state index in [1.54, 1.807) is 13.3 Å². The number of oxime groups is 1. The number of para-hydroxylation sites is 1. The topological polar surface area (TPSA) is 30.8 Å². The third-order valence-electron chi connectivity index (χ3n) is 3.08. The number of methoxy groups -OCH3 is 1. The highest BCUT2D eigenvalue weighted by atomic mass is 16.6. The van der Waals surface area contributed by atoms with Crippen LogP contribution in [-0.4, -0.2) is 13.3 Å². The van der Waals surface area contributed by atoms with Gasteiger partial charge < -0.3 is 9.57 Å². The van der Waals surface area contributed by atoms with Gasteiger partial charge in [0.25, 0.3) is 0 Å². The van der Waals surface area contributed by atoms with Crippen molar-refractivity contribution in [2.45, 2.75) is 20.0 Å². The molecule has 0 heterocycles. The molecule has 0 saturated carbocycles. The second-order valence-electron chi connectivity index (χ2n) is 4.41. The van der Waals surface area contributed by atoms with Crippen LogP contribution in [0.25, 0.3) is 0 Å². The molecule has 2 aromatic carbocycles. The second kappa shape index (κ2) is 7.34. The predicted octanol–water partition coefficient (Wildman–Crippen LogP) is 3.81. The zero-order chi connectivity index (χ0) is 14.2. The molecule has 0 radical (unpaired) electrons. The van der Waals surface area contributed by atoms with Gasteiger partial charge >= 0.3 is 0 Å². The molecule has 0 unspecified atom stereocenters. The fraction of sp³-hybridized carbons (Fsp3) is 0.235. The van der Waals surface area contributed by atoms with Crippen molar-refractivity contribution in [3.05, 3.63) is 65.2 Å². The smallest absolute Gasteiger partial charge is 0.145 e. The van der Waals surface area contributed by atoms with E-state index in [0.717, 1.165) is 23.3 Å². The highest BCUT2D eigenvalue weighted by Gasteiger charge is 2.00. The fourth-order valence-electron chi connectivity index (χ4n) is 1.87. The number of hydrogen-bond donors (Lipinski definition) is 0. The molecule has 0 N–H and O–H groups in total. The Hall–Kier alpha value is -2.29. The average molecular weight is 269 g/mol. The highest BCUT2D eigenvalue weighted by molar-refractivity contribution is 5.79. The van der Waals surface area contributed by atoms with E-state index < -0.39 is 0 Å². The van der Waals surface area contributed by atoms with Gasteiger partial charge in [0.15, 0.2) is 0 Å². The van der Waals surface area contributed by atoms with Crippen molar-refractivity contribution in [2.75, 3.05) is 7.11 Å². The second-order valence-corrected chi connectivity index (χ2v) is 4.41. The van der Waals surface area contributed by atoms with E-state index >= 15 is 0 Å². The average Bonchev–Trinajstić information content (AvgIpc) is 2.52. The first kappa shape index (κ1) is 14.1. The van der Waals surface area contributed by atoms with Gasteiger partial charge in [0, 0.05) is 5.56 Å². The largest absolute Gasteiger partial charge is 0.496 e. The summed E-state index contributed by atoms with van der Waals surface area (Å²) in [5.74, 6) is 0.815. The number of benzene rings is 2. The van der Waals surface area contributed by atoms with Crippen LogP contribution in [-0.2, 0) is 17.9 Å². The van der Waals surface area contributed by atoms with Crippen LogP contribution in [0.3, 0.4) is 0 Å². The zero-order valence-electron chi connectivity index (χ0n) is 11.9. The first-order valence-corrected chi connectivity index (χ1v) is 6.69. The maximum absolute atomic E-state index is 5.31. The van der Waals surface area contributed by atoms with Gasteiger partial charge in [0.1, 0.15) is 12.4 Å². The summed E-state index contributed by atoms with van der Waals surface area (Å²) in [5, 5.41) is 3.99. The van der Waals surface area contributed by atoms with E-state index in [1.165, 1.54) is 5.56 Å². The van der Waals surface area contributed by atoms with Crippen molar-refractivity contribution >= 4 is 6.21 Å². The first-order chi connectivity index (χ1) is 9.83. The van der Waals surface area contributed by atoms with Gasteiger partial charge in [0.2, 0.25) is 0 Å². The van der Waals surface area contributed by atoms with Crippen molar-refractivity contribution in [1.29, 1.82) is 0 Å². The Labute approximate surface area is 119 Å². The van der Waals surface area contributed by atoms with Gasteiger partial charge in [-0.25, -0.2) is 0 Å². The van der Waals surface area contributed by atoms with E-state index in [9.17, 15) is 0 Å². The van der Waals surface area contributed by atoms with E-state index in [-0.39, 0.29) is 0 Å². The molecule has 0 aromatic heterocycles. The molecule has 2 aromatic rings. The molecule has 3 nitrogen and oxygen atoms in total. The lowest BCUT2D eigenvalue weighted by Gasteiger charge is -2.06. The van der Waals surface area contributed by atoms with Crippen LogP contribution < -0.4 is 4.74 Å². The van der Waals surface area contributed by atoms with Crippen LogP contribution in [0.5, 0.6) is 5.75 Å². The van der Waals surface area contributed by atoms with Crippen LogP contribution >= 0.6 is 0 Å². The van der Waals surface area contributed by atoms with E-state index in [0.29, 0.717) is 6.61 Å². The maximum Gasteiger partial charge on any atom is 0.145 e. The molecule has 20 heavy (non-hydrogen) atoms. The van der Waals surface area contributed by atoms with Gasteiger partial charge in [-0.1, -0.05) is 54.5 Å². The molecule has 0 aliphatic carbocycles. The fourth-order valence-corrected chi connectivity index (χ4v) is 1.87. The Bertz CT molecular complexity index is 561. The van der Waals surface area contributed by atoms with Crippen molar-refractivity contribution in [2.24, 2.45) is 5.16 Å². The van der Waals surface area contributed by atoms with Crippen LogP contribution in [0, 0.1) is 0 Å². The molecule has 0 atom stereocenters. The lowest BCUT2D eigenvalue weighted by atomic mass is 10.1. The molecule has 0 fully saturated rings. The molecule has 0 bridgehead atoms. The lowest BCUT2D eigenvalue weighted by molar-refractivity contribution is 0.130. The number of ether oxygens (including phenoxy) is 1. The summed E-state index contributed by atoms with van der Waals surface area (Å²) in [5.41, 5.74) is 3.33. The Morgan fingerprint density at radius 2 is 1.80 bits per heavy atom. The summed E-state index contributed by atoms with van der Waals surface area (Å²) < 4.78 is 5.25. The quantitative estimate of drug-likeness (QED) is 0.590. The van der Waals surface area contributed by atoms with Crippen molar-refractivity contribution in [3.63, 3.8) is 0 Å². The third kappa shape index (κ3) is 3.85. The number of aryl methyl sites for hydroxylation is 1. The van der Waals surface area contributed by atoms with Crippen molar-refractivity contribution in [1.82, 2.24) is 0 Å².